The summed E-state index contributed by atoms with van der Waals surface area (Å²) in [5.74, 6) is -0.734. The molecule has 0 aliphatic carbocycles. The molecule has 0 saturated carbocycles. The molecule has 1 aliphatic heterocycles. The Morgan fingerprint density at radius 1 is 1.03 bits per heavy atom. The van der Waals surface area contributed by atoms with Crippen LogP contribution >= 0.6 is 0 Å². The number of hydrogen-bond donors (Lipinski definition) is 0. The lowest BCUT2D eigenvalue weighted by atomic mass is 10.2. The largest absolute Gasteiger partial charge is 0.573 e. The summed E-state index contributed by atoms with van der Waals surface area (Å²) in [7, 11) is -3.90. The topological polar surface area (TPSA) is 79.8 Å². The SMILES string of the molecule is Cc1ccc(C(=O)N2CCN(S(=O)(=O)c3ccc(OC(F)(F)F)cc3)CC2)cn1. The first kappa shape index (κ1) is 21.1. The van der Waals surface area contributed by atoms with Crippen LogP contribution in [0.15, 0.2) is 47.5 Å². The van der Waals surface area contributed by atoms with Crippen molar-refractivity contribution in [3.05, 3.63) is 53.9 Å². The first-order valence-electron chi connectivity index (χ1n) is 8.64. The van der Waals surface area contributed by atoms with Gasteiger partial charge in [-0.15, -0.1) is 13.2 Å². The average Bonchev–Trinajstić information content (AvgIpc) is 2.67. The lowest BCUT2D eigenvalue weighted by Gasteiger charge is -2.34. The summed E-state index contributed by atoms with van der Waals surface area (Å²) in [5.41, 5.74) is 1.20. The Bertz CT molecular complexity index is 969. The summed E-state index contributed by atoms with van der Waals surface area (Å²) in [6, 6.07) is 7.41. The molecule has 3 rings (SSSR count). The zero-order chi connectivity index (χ0) is 21.2. The van der Waals surface area contributed by atoms with E-state index < -0.39 is 22.1 Å². The molecule has 0 radical (unpaired) electrons. The van der Waals surface area contributed by atoms with Crippen molar-refractivity contribution in [2.75, 3.05) is 26.2 Å². The molecule has 0 N–H and O–H groups in total. The summed E-state index contributed by atoms with van der Waals surface area (Å²) in [4.78, 5) is 18.0. The van der Waals surface area contributed by atoms with Crippen molar-refractivity contribution in [2.24, 2.45) is 0 Å². The number of aryl methyl sites for hydroxylation is 1. The van der Waals surface area contributed by atoms with Gasteiger partial charge in [-0.05, 0) is 43.3 Å². The monoisotopic (exact) mass is 429 g/mol. The number of hydrogen-bond acceptors (Lipinski definition) is 5. The Hall–Kier alpha value is -2.66. The number of rotatable bonds is 4. The predicted molar refractivity (Wildman–Crippen MR) is 96.8 cm³/mol. The Morgan fingerprint density at radius 3 is 2.17 bits per heavy atom. The fourth-order valence-corrected chi connectivity index (χ4v) is 4.29. The van der Waals surface area contributed by atoms with Gasteiger partial charge in [-0.25, -0.2) is 8.42 Å². The third-order valence-corrected chi connectivity index (χ3v) is 6.29. The second kappa shape index (κ2) is 7.99. The van der Waals surface area contributed by atoms with Crippen molar-refractivity contribution in [1.82, 2.24) is 14.2 Å². The Labute approximate surface area is 165 Å². The van der Waals surface area contributed by atoms with Gasteiger partial charge >= 0.3 is 6.36 Å². The molecule has 0 spiro atoms. The van der Waals surface area contributed by atoms with Crippen LogP contribution in [0.1, 0.15) is 16.1 Å². The highest BCUT2D eigenvalue weighted by Crippen LogP contribution is 2.25. The minimum Gasteiger partial charge on any atom is -0.406 e. The molecule has 1 fully saturated rings. The lowest BCUT2D eigenvalue weighted by molar-refractivity contribution is -0.274. The van der Waals surface area contributed by atoms with E-state index in [1.165, 1.54) is 10.5 Å². The fraction of sp³-hybridized carbons (Fsp3) is 0.333. The zero-order valence-corrected chi connectivity index (χ0v) is 16.2. The second-order valence-corrected chi connectivity index (χ2v) is 8.34. The predicted octanol–water partition coefficient (Wildman–Crippen LogP) is 2.44. The van der Waals surface area contributed by atoms with E-state index in [-0.39, 0.29) is 37.0 Å². The van der Waals surface area contributed by atoms with E-state index in [9.17, 15) is 26.4 Å². The molecule has 1 aliphatic rings. The summed E-state index contributed by atoms with van der Waals surface area (Å²) >= 11 is 0. The van der Waals surface area contributed by atoms with Crippen molar-refractivity contribution in [2.45, 2.75) is 18.2 Å². The van der Waals surface area contributed by atoms with Crippen LogP contribution in [0.2, 0.25) is 0 Å². The van der Waals surface area contributed by atoms with E-state index in [1.807, 2.05) is 0 Å². The molecule has 2 aromatic rings. The first-order chi connectivity index (χ1) is 13.6. The van der Waals surface area contributed by atoms with Gasteiger partial charge in [0.2, 0.25) is 10.0 Å². The van der Waals surface area contributed by atoms with Crippen LogP contribution in [0, 0.1) is 6.92 Å². The third kappa shape index (κ3) is 5.04. The molecule has 0 atom stereocenters. The number of piperazine rings is 1. The number of pyridine rings is 1. The maximum absolute atomic E-state index is 12.7. The van der Waals surface area contributed by atoms with Crippen LogP contribution < -0.4 is 4.74 Å². The van der Waals surface area contributed by atoms with Crippen molar-refractivity contribution in [1.29, 1.82) is 0 Å². The minimum absolute atomic E-state index is 0.0775. The standard InChI is InChI=1S/C18H18F3N3O4S/c1-13-2-3-14(12-22-13)17(25)23-8-10-24(11-9-23)29(26,27)16-6-4-15(5-7-16)28-18(19,20)21/h2-7,12H,8-11H2,1H3. The number of carbonyl (C=O) groups excluding carboxylic acids is 1. The van der Waals surface area contributed by atoms with Gasteiger partial charge in [0.05, 0.1) is 10.5 Å². The smallest absolute Gasteiger partial charge is 0.406 e. The van der Waals surface area contributed by atoms with E-state index in [0.29, 0.717) is 5.56 Å². The van der Waals surface area contributed by atoms with Crippen molar-refractivity contribution < 1.29 is 31.1 Å². The van der Waals surface area contributed by atoms with Gasteiger partial charge in [0, 0.05) is 38.1 Å². The molecule has 11 heteroatoms. The molecule has 29 heavy (non-hydrogen) atoms. The molecule has 1 aromatic heterocycles. The molecular formula is C18H18F3N3O4S. The summed E-state index contributed by atoms with van der Waals surface area (Å²) in [6.07, 6.45) is -3.37. The van der Waals surface area contributed by atoms with Gasteiger partial charge in [0.25, 0.3) is 5.91 Å². The third-order valence-electron chi connectivity index (χ3n) is 4.38. The molecule has 0 unspecified atom stereocenters. The normalized spacial score (nSPS) is 15.9. The summed E-state index contributed by atoms with van der Waals surface area (Å²) in [5, 5.41) is 0. The van der Waals surface area contributed by atoms with Gasteiger partial charge in [-0.2, -0.15) is 4.31 Å². The van der Waals surface area contributed by atoms with E-state index in [1.54, 1.807) is 24.0 Å². The summed E-state index contributed by atoms with van der Waals surface area (Å²) < 4.78 is 67.1. The number of benzene rings is 1. The van der Waals surface area contributed by atoms with Gasteiger partial charge < -0.3 is 9.64 Å². The van der Waals surface area contributed by atoms with Crippen molar-refractivity contribution in [3.63, 3.8) is 0 Å². The van der Waals surface area contributed by atoms with Gasteiger partial charge in [-0.1, -0.05) is 0 Å². The van der Waals surface area contributed by atoms with Crippen LogP contribution in [0.4, 0.5) is 13.2 Å². The number of nitrogens with zero attached hydrogens (tertiary/aromatic N) is 3. The number of alkyl halides is 3. The molecule has 2 heterocycles. The summed E-state index contributed by atoms with van der Waals surface area (Å²) in [6.45, 7) is 2.35. The highest BCUT2D eigenvalue weighted by molar-refractivity contribution is 7.89. The van der Waals surface area contributed by atoms with Crippen LogP contribution in [0.25, 0.3) is 0 Å². The highest BCUT2D eigenvalue weighted by Gasteiger charge is 2.32. The second-order valence-electron chi connectivity index (χ2n) is 6.40. The molecule has 1 saturated heterocycles. The molecule has 156 valence electrons. The number of halogens is 3. The van der Waals surface area contributed by atoms with E-state index in [2.05, 4.69) is 9.72 Å². The first-order valence-corrected chi connectivity index (χ1v) is 10.1. The maximum Gasteiger partial charge on any atom is 0.573 e. The number of sulfonamides is 1. The quantitative estimate of drug-likeness (QED) is 0.746. The van der Waals surface area contributed by atoms with Crippen molar-refractivity contribution >= 4 is 15.9 Å². The Morgan fingerprint density at radius 2 is 1.66 bits per heavy atom. The Balaban J connectivity index is 1.65. The lowest BCUT2D eigenvalue weighted by Crippen LogP contribution is -2.50. The number of amides is 1. The number of carbonyl (C=O) groups is 1. The van der Waals surface area contributed by atoms with E-state index >= 15 is 0 Å². The molecule has 7 nitrogen and oxygen atoms in total. The maximum atomic E-state index is 12.7. The Kier molecular flexibility index (Phi) is 5.80. The molecular weight excluding hydrogens is 411 g/mol. The molecule has 1 aromatic carbocycles. The van der Waals surface area contributed by atoms with E-state index in [0.717, 1.165) is 30.0 Å². The van der Waals surface area contributed by atoms with Crippen LogP contribution in [0.5, 0.6) is 5.75 Å². The molecule has 0 bridgehead atoms. The number of ether oxygens (including phenoxy) is 1. The molecule has 1 amide bonds. The van der Waals surface area contributed by atoms with Gasteiger partial charge in [-0.3, -0.25) is 9.78 Å². The van der Waals surface area contributed by atoms with Gasteiger partial charge in [0.15, 0.2) is 0 Å². The van der Waals surface area contributed by atoms with Crippen LogP contribution in [0.3, 0.4) is 0 Å². The fourth-order valence-electron chi connectivity index (χ4n) is 2.87. The zero-order valence-electron chi connectivity index (χ0n) is 15.4. The van der Waals surface area contributed by atoms with Crippen molar-refractivity contribution in [3.8, 4) is 5.75 Å². The van der Waals surface area contributed by atoms with Crippen LogP contribution in [-0.2, 0) is 10.0 Å². The highest BCUT2D eigenvalue weighted by atomic mass is 32.2. The van der Waals surface area contributed by atoms with E-state index in [4.69, 9.17) is 0 Å². The van der Waals surface area contributed by atoms with Gasteiger partial charge in [0.1, 0.15) is 5.75 Å². The average molecular weight is 429 g/mol. The minimum atomic E-state index is -4.85. The van der Waals surface area contributed by atoms with Crippen LogP contribution in [-0.4, -0.2) is 61.1 Å². The number of aromatic nitrogens is 1.